The summed E-state index contributed by atoms with van der Waals surface area (Å²) in [5, 5.41) is 2.53. The largest absolute Gasteiger partial charge is 0.493 e. The van der Waals surface area contributed by atoms with Gasteiger partial charge < -0.3 is 4.74 Å². The maximum Gasteiger partial charge on any atom is 0.151 e. The van der Waals surface area contributed by atoms with Gasteiger partial charge in [-0.2, -0.15) is 0 Å². The fourth-order valence-electron chi connectivity index (χ4n) is 2.17. The highest BCUT2D eigenvalue weighted by Gasteiger charge is 2.17. The van der Waals surface area contributed by atoms with Crippen molar-refractivity contribution in [2.75, 3.05) is 6.61 Å². The predicted molar refractivity (Wildman–Crippen MR) is 74.0 cm³/mol. The molecule has 2 nitrogen and oxygen atoms in total. The molecule has 0 atom stereocenters. The smallest absolute Gasteiger partial charge is 0.151 e. The molecule has 0 saturated heterocycles. The summed E-state index contributed by atoms with van der Waals surface area (Å²) >= 11 is 7.73. The van der Waals surface area contributed by atoms with Gasteiger partial charge in [-0.1, -0.05) is 11.6 Å². The Morgan fingerprint density at radius 2 is 2.28 bits per heavy atom. The second-order valence-electron chi connectivity index (χ2n) is 4.21. The molecule has 3 rings (SSSR count). The zero-order chi connectivity index (χ0) is 12.5. The second kappa shape index (κ2) is 4.75. The van der Waals surface area contributed by atoms with Gasteiger partial charge >= 0.3 is 0 Å². The summed E-state index contributed by atoms with van der Waals surface area (Å²) in [6.07, 6.45) is 2.79. The minimum Gasteiger partial charge on any atom is -0.493 e. The molecule has 1 aliphatic rings. The molecule has 0 N–H and O–H groups in total. The first-order valence-electron chi connectivity index (χ1n) is 5.78. The van der Waals surface area contributed by atoms with Crippen LogP contribution >= 0.6 is 22.9 Å². The molecule has 0 fully saturated rings. The Morgan fingerprint density at radius 1 is 1.39 bits per heavy atom. The van der Waals surface area contributed by atoms with E-state index in [0.29, 0.717) is 17.2 Å². The van der Waals surface area contributed by atoms with E-state index in [1.54, 1.807) is 17.4 Å². The van der Waals surface area contributed by atoms with Crippen molar-refractivity contribution in [1.82, 2.24) is 0 Å². The minimum atomic E-state index is 0.447. The molecule has 0 spiro atoms. The molecular formula is C14H11ClO2S. The molecule has 0 bridgehead atoms. The van der Waals surface area contributed by atoms with Crippen LogP contribution in [0.1, 0.15) is 22.3 Å². The van der Waals surface area contributed by atoms with E-state index < -0.39 is 0 Å². The van der Waals surface area contributed by atoms with E-state index >= 15 is 0 Å². The van der Waals surface area contributed by atoms with Gasteiger partial charge in [0.15, 0.2) is 6.29 Å². The average Bonchev–Trinajstić information content (AvgIpc) is 2.80. The highest BCUT2D eigenvalue weighted by molar-refractivity contribution is 7.13. The highest BCUT2D eigenvalue weighted by Crippen LogP contribution is 2.40. The Labute approximate surface area is 114 Å². The first-order chi connectivity index (χ1) is 8.79. The van der Waals surface area contributed by atoms with Gasteiger partial charge in [-0.15, -0.1) is 11.3 Å². The van der Waals surface area contributed by atoms with Crippen molar-refractivity contribution in [3.8, 4) is 16.2 Å². The summed E-state index contributed by atoms with van der Waals surface area (Å²) in [5.41, 5.74) is 2.81. The molecule has 0 amide bonds. The summed E-state index contributed by atoms with van der Waals surface area (Å²) in [6, 6.07) is 5.71. The van der Waals surface area contributed by atoms with Crippen molar-refractivity contribution >= 4 is 29.2 Å². The zero-order valence-corrected chi connectivity index (χ0v) is 11.2. The molecule has 2 heterocycles. The summed E-state index contributed by atoms with van der Waals surface area (Å²) in [6.45, 7) is 0.680. The van der Waals surface area contributed by atoms with E-state index in [0.717, 1.165) is 30.4 Å². The molecule has 2 aromatic rings. The van der Waals surface area contributed by atoms with Gasteiger partial charge in [0.25, 0.3) is 0 Å². The molecule has 1 aromatic carbocycles. The maximum absolute atomic E-state index is 11.0. The lowest BCUT2D eigenvalue weighted by atomic mass is 10.0. The van der Waals surface area contributed by atoms with Crippen LogP contribution in [0.3, 0.4) is 0 Å². The zero-order valence-electron chi connectivity index (χ0n) is 9.61. The number of aryl methyl sites for hydroxylation is 1. The fraction of sp³-hybridized carbons (Fsp3) is 0.214. The number of hydrogen-bond acceptors (Lipinski definition) is 3. The second-order valence-corrected chi connectivity index (χ2v) is 5.54. The van der Waals surface area contributed by atoms with Crippen LogP contribution in [0.15, 0.2) is 23.6 Å². The average molecular weight is 279 g/mol. The van der Waals surface area contributed by atoms with Crippen LogP contribution in [-0.2, 0) is 6.42 Å². The van der Waals surface area contributed by atoms with Gasteiger partial charge in [0, 0.05) is 22.1 Å². The van der Waals surface area contributed by atoms with E-state index in [1.165, 1.54) is 10.4 Å². The van der Waals surface area contributed by atoms with Crippen molar-refractivity contribution < 1.29 is 9.53 Å². The van der Waals surface area contributed by atoms with Gasteiger partial charge in [0.2, 0.25) is 0 Å². The number of rotatable bonds is 1. The molecule has 4 heteroatoms. The monoisotopic (exact) mass is 278 g/mol. The Balaban J connectivity index is 2.24. The molecule has 0 saturated carbocycles. The van der Waals surface area contributed by atoms with Crippen LogP contribution in [0.2, 0.25) is 5.02 Å². The van der Waals surface area contributed by atoms with Crippen molar-refractivity contribution in [2.24, 2.45) is 0 Å². The lowest BCUT2D eigenvalue weighted by Crippen LogP contribution is -2.04. The molecule has 92 valence electrons. The van der Waals surface area contributed by atoms with E-state index in [4.69, 9.17) is 16.3 Å². The van der Waals surface area contributed by atoms with Crippen molar-refractivity contribution in [2.45, 2.75) is 12.8 Å². The molecule has 1 aliphatic heterocycles. The minimum absolute atomic E-state index is 0.447. The standard InChI is InChI=1S/C14H11ClO2S/c15-12-7-13-11(6-10(12)8-16)14-9(3-5-18-14)2-1-4-17-13/h3,5-8H,1-2,4H2. The molecule has 18 heavy (non-hydrogen) atoms. The number of carbonyl (C=O) groups is 1. The lowest BCUT2D eigenvalue weighted by molar-refractivity contribution is 0.112. The Bertz CT molecular complexity index is 604. The first-order valence-corrected chi connectivity index (χ1v) is 7.03. The third-order valence-corrected chi connectivity index (χ3v) is 4.38. The fourth-order valence-corrected chi connectivity index (χ4v) is 3.35. The van der Waals surface area contributed by atoms with Crippen molar-refractivity contribution in [3.63, 3.8) is 0 Å². The molecule has 0 unspecified atom stereocenters. The molecular weight excluding hydrogens is 268 g/mol. The number of carbonyl (C=O) groups excluding carboxylic acids is 1. The van der Waals surface area contributed by atoms with E-state index in [1.807, 2.05) is 6.07 Å². The van der Waals surface area contributed by atoms with Crippen molar-refractivity contribution in [3.05, 3.63) is 39.7 Å². The first kappa shape index (κ1) is 11.8. The number of fused-ring (bicyclic) bond motifs is 3. The number of aldehydes is 1. The van der Waals surface area contributed by atoms with E-state index in [-0.39, 0.29) is 0 Å². The molecule has 0 radical (unpaired) electrons. The summed E-state index contributed by atoms with van der Waals surface area (Å²) in [5.74, 6) is 0.772. The summed E-state index contributed by atoms with van der Waals surface area (Å²) in [7, 11) is 0. The Kier molecular flexibility index (Phi) is 3.10. The molecule has 0 aliphatic carbocycles. The van der Waals surface area contributed by atoms with Crippen LogP contribution in [0, 0.1) is 0 Å². The Morgan fingerprint density at radius 3 is 3.11 bits per heavy atom. The Hall–Kier alpha value is -1.32. The van der Waals surface area contributed by atoms with Crippen LogP contribution in [0.5, 0.6) is 5.75 Å². The summed E-state index contributed by atoms with van der Waals surface area (Å²) in [4.78, 5) is 12.2. The summed E-state index contributed by atoms with van der Waals surface area (Å²) < 4.78 is 5.74. The van der Waals surface area contributed by atoms with Gasteiger partial charge in [0.05, 0.1) is 11.6 Å². The predicted octanol–water partition coefficient (Wildman–Crippen LogP) is 4.21. The lowest BCUT2D eigenvalue weighted by Gasteiger charge is -2.16. The number of ether oxygens (including phenoxy) is 1. The van der Waals surface area contributed by atoms with Gasteiger partial charge in [-0.3, -0.25) is 4.79 Å². The van der Waals surface area contributed by atoms with Gasteiger partial charge in [0.1, 0.15) is 5.75 Å². The van der Waals surface area contributed by atoms with Gasteiger partial charge in [-0.25, -0.2) is 0 Å². The third-order valence-electron chi connectivity index (χ3n) is 3.07. The quantitative estimate of drug-likeness (QED) is 0.731. The van der Waals surface area contributed by atoms with Crippen molar-refractivity contribution in [1.29, 1.82) is 0 Å². The maximum atomic E-state index is 11.0. The van der Waals surface area contributed by atoms with Crippen LogP contribution in [0.25, 0.3) is 10.4 Å². The number of halogens is 1. The van der Waals surface area contributed by atoms with Crippen LogP contribution < -0.4 is 4.74 Å². The topological polar surface area (TPSA) is 26.3 Å². The van der Waals surface area contributed by atoms with E-state index in [2.05, 4.69) is 11.4 Å². The number of thiophene rings is 1. The van der Waals surface area contributed by atoms with E-state index in [9.17, 15) is 4.79 Å². The van der Waals surface area contributed by atoms with Gasteiger partial charge in [-0.05, 0) is 35.9 Å². The third kappa shape index (κ3) is 1.93. The highest BCUT2D eigenvalue weighted by atomic mass is 35.5. The van der Waals surface area contributed by atoms with Crippen LogP contribution in [0.4, 0.5) is 0 Å². The van der Waals surface area contributed by atoms with Crippen LogP contribution in [-0.4, -0.2) is 12.9 Å². The number of benzene rings is 1. The molecule has 1 aromatic heterocycles. The SMILES string of the molecule is O=Cc1cc2c(cc1Cl)OCCCc1ccsc1-2. The normalized spacial score (nSPS) is 13.8. The number of hydrogen-bond donors (Lipinski definition) is 0.